The van der Waals surface area contributed by atoms with Crippen LogP contribution < -0.4 is 16.0 Å². The number of anilines is 2. The van der Waals surface area contributed by atoms with E-state index in [9.17, 15) is 14.9 Å². The number of alkyl carbamates (subject to hydrolysis) is 1. The third-order valence-electron chi connectivity index (χ3n) is 3.60. The van der Waals surface area contributed by atoms with E-state index in [-0.39, 0.29) is 17.5 Å². The van der Waals surface area contributed by atoms with Crippen LogP contribution in [0.1, 0.15) is 33.6 Å². The molecule has 0 saturated carbocycles. The molecule has 24 heavy (non-hydrogen) atoms. The summed E-state index contributed by atoms with van der Waals surface area (Å²) < 4.78 is 5.26. The lowest BCUT2D eigenvalue weighted by molar-refractivity contribution is -0.383. The van der Waals surface area contributed by atoms with Gasteiger partial charge in [-0.15, -0.1) is 0 Å². The average molecular weight is 337 g/mol. The smallest absolute Gasteiger partial charge is 0.407 e. The number of aromatic nitrogens is 1. The molecule has 1 amide bonds. The molecule has 0 radical (unpaired) electrons. The second-order valence-corrected chi connectivity index (χ2v) is 6.75. The Hall–Kier alpha value is -2.58. The summed E-state index contributed by atoms with van der Waals surface area (Å²) >= 11 is 0. The van der Waals surface area contributed by atoms with Crippen LogP contribution in [0.2, 0.25) is 0 Å². The number of piperidine rings is 1. The molecule has 3 N–H and O–H groups in total. The highest BCUT2D eigenvalue weighted by atomic mass is 16.6. The summed E-state index contributed by atoms with van der Waals surface area (Å²) in [7, 11) is 0. The first-order chi connectivity index (χ1) is 11.2. The number of pyridine rings is 1. The van der Waals surface area contributed by atoms with Crippen molar-refractivity contribution in [1.29, 1.82) is 0 Å². The van der Waals surface area contributed by atoms with Crippen molar-refractivity contribution in [1.82, 2.24) is 10.3 Å². The molecule has 2 heterocycles. The highest BCUT2D eigenvalue weighted by molar-refractivity contribution is 5.73. The van der Waals surface area contributed by atoms with Crippen LogP contribution in [0.4, 0.5) is 22.0 Å². The third-order valence-corrected chi connectivity index (χ3v) is 3.60. The summed E-state index contributed by atoms with van der Waals surface area (Å²) in [5.74, 6) is -0.111. The highest BCUT2D eigenvalue weighted by Gasteiger charge is 2.29. The molecule has 1 aromatic heterocycles. The van der Waals surface area contributed by atoms with Crippen LogP contribution in [-0.2, 0) is 4.74 Å². The molecule has 1 saturated heterocycles. The molecule has 0 aromatic carbocycles. The Morgan fingerprint density at radius 1 is 1.54 bits per heavy atom. The average Bonchev–Trinajstić information content (AvgIpc) is 2.44. The van der Waals surface area contributed by atoms with Crippen molar-refractivity contribution in [3.05, 3.63) is 22.4 Å². The van der Waals surface area contributed by atoms with Gasteiger partial charge in [0.15, 0.2) is 0 Å². The molecule has 1 unspecified atom stereocenters. The molecule has 0 aliphatic carbocycles. The second kappa shape index (κ2) is 6.90. The Kier molecular flexibility index (Phi) is 5.10. The second-order valence-electron chi connectivity index (χ2n) is 6.75. The fraction of sp³-hybridized carbons (Fsp3) is 0.600. The maximum Gasteiger partial charge on any atom is 0.407 e. The third kappa shape index (κ3) is 4.46. The maximum atomic E-state index is 11.9. The van der Waals surface area contributed by atoms with Crippen LogP contribution in [0, 0.1) is 10.1 Å². The van der Waals surface area contributed by atoms with Gasteiger partial charge in [0.2, 0.25) is 5.82 Å². The molecule has 0 spiro atoms. The van der Waals surface area contributed by atoms with Crippen molar-refractivity contribution >= 4 is 23.3 Å². The van der Waals surface area contributed by atoms with Gasteiger partial charge in [-0.1, -0.05) is 0 Å². The summed E-state index contributed by atoms with van der Waals surface area (Å²) in [6.07, 6.45) is 2.53. The zero-order valence-electron chi connectivity index (χ0n) is 14.1. The number of nitrogens with two attached hydrogens (primary N) is 1. The topological polar surface area (TPSA) is 124 Å². The van der Waals surface area contributed by atoms with Crippen molar-refractivity contribution in [2.24, 2.45) is 0 Å². The number of rotatable bonds is 3. The van der Waals surface area contributed by atoms with E-state index in [0.29, 0.717) is 18.8 Å². The van der Waals surface area contributed by atoms with E-state index < -0.39 is 16.6 Å². The zero-order valence-corrected chi connectivity index (χ0v) is 14.1. The number of ether oxygens (including phenoxy) is 1. The molecule has 9 nitrogen and oxygen atoms in total. The molecule has 2 rings (SSSR count). The van der Waals surface area contributed by atoms with Gasteiger partial charge in [0.05, 0.1) is 4.92 Å². The van der Waals surface area contributed by atoms with Crippen molar-refractivity contribution in [3.8, 4) is 0 Å². The van der Waals surface area contributed by atoms with E-state index in [4.69, 9.17) is 10.5 Å². The van der Waals surface area contributed by atoms with Crippen molar-refractivity contribution in [2.75, 3.05) is 23.7 Å². The largest absolute Gasteiger partial charge is 0.444 e. The predicted octanol–water partition coefficient (Wildman–Crippen LogP) is 2.07. The van der Waals surface area contributed by atoms with E-state index in [0.717, 1.165) is 12.8 Å². The van der Waals surface area contributed by atoms with Crippen LogP contribution >= 0.6 is 0 Å². The van der Waals surface area contributed by atoms with E-state index in [1.165, 1.54) is 6.20 Å². The number of nitro groups is 1. The van der Waals surface area contributed by atoms with E-state index in [1.54, 1.807) is 26.8 Å². The number of amides is 1. The molecule has 0 bridgehead atoms. The number of hydrogen-bond donors (Lipinski definition) is 2. The minimum atomic E-state index is -0.573. The molecule has 1 aliphatic heterocycles. The lowest BCUT2D eigenvalue weighted by Gasteiger charge is -2.34. The van der Waals surface area contributed by atoms with Crippen molar-refractivity contribution in [2.45, 2.75) is 45.3 Å². The van der Waals surface area contributed by atoms with Gasteiger partial charge in [-0.05, 0) is 39.7 Å². The first-order valence-electron chi connectivity index (χ1n) is 7.80. The van der Waals surface area contributed by atoms with Gasteiger partial charge in [-0.25, -0.2) is 9.78 Å². The molecule has 1 fully saturated rings. The quantitative estimate of drug-likeness (QED) is 0.639. The van der Waals surface area contributed by atoms with Gasteiger partial charge in [0, 0.05) is 25.3 Å². The Morgan fingerprint density at radius 2 is 2.25 bits per heavy atom. The van der Waals surface area contributed by atoms with E-state index >= 15 is 0 Å². The van der Waals surface area contributed by atoms with Crippen LogP contribution in [0.25, 0.3) is 0 Å². The van der Waals surface area contributed by atoms with Crippen LogP contribution in [0.15, 0.2) is 12.3 Å². The van der Waals surface area contributed by atoms with E-state index in [1.807, 2.05) is 4.90 Å². The Bertz CT molecular complexity index is 629. The fourth-order valence-electron chi connectivity index (χ4n) is 2.69. The summed E-state index contributed by atoms with van der Waals surface area (Å²) in [6, 6.07) is 1.42. The first kappa shape index (κ1) is 17.8. The number of nitrogen functional groups attached to an aromatic ring is 1. The first-order valence-corrected chi connectivity index (χ1v) is 7.80. The van der Waals surface area contributed by atoms with Crippen LogP contribution in [0.5, 0.6) is 0 Å². The summed E-state index contributed by atoms with van der Waals surface area (Å²) in [4.78, 5) is 28.3. The number of hydrogen-bond acceptors (Lipinski definition) is 7. The Morgan fingerprint density at radius 3 is 2.88 bits per heavy atom. The monoisotopic (exact) mass is 337 g/mol. The van der Waals surface area contributed by atoms with Crippen LogP contribution in [-0.4, -0.2) is 40.7 Å². The molecule has 1 aliphatic rings. The summed E-state index contributed by atoms with van der Waals surface area (Å²) in [5.41, 5.74) is 5.29. The molecule has 132 valence electrons. The zero-order chi connectivity index (χ0) is 17.9. The molecule has 1 atom stereocenters. The van der Waals surface area contributed by atoms with Gasteiger partial charge in [-0.3, -0.25) is 10.1 Å². The molecule has 9 heteroatoms. The minimum absolute atomic E-state index is 0.111. The number of nitrogens with one attached hydrogen (secondary N) is 1. The lowest BCUT2D eigenvalue weighted by Crippen LogP contribution is -2.49. The van der Waals surface area contributed by atoms with Gasteiger partial charge in [-0.2, -0.15) is 0 Å². The Balaban J connectivity index is 2.10. The standard InChI is InChI=1S/C15H23N5O4/c1-15(2,3)24-14(21)18-10-5-4-8-19(9-10)11-6-7-17-13(16)12(11)20(22)23/h6-7,10H,4-5,8-9H2,1-3H3,(H2,16,17)(H,18,21). The molecular formula is C15H23N5O4. The fourth-order valence-corrected chi connectivity index (χ4v) is 2.69. The molecular weight excluding hydrogens is 314 g/mol. The number of nitrogens with zero attached hydrogens (tertiary/aromatic N) is 3. The van der Waals surface area contributed by atoms with E-state index in [2.05, 4.69) is 10.3 Å². The Labute approximate surface area is 140 Å². The molecule has 1 aromatic rings. The van der Waals surface area contributed by atoms with Gasteiger partial charge in [0.1, 0.15) is 11.3 Å². The lowest BCUT2D eigenvalue weighted by atomic mass is 10.0. The number of carbonyl (C=O) groups is 1. The van der Waals surface area contributed by atoms with Crippen molar-refractivity contribution < 1.29 is 14.5 Å². The van der Waals surface area contributed by atoms with Gasteiger partial charge in [0.25, 0.3) is 0 Å². The SMILES string of the molecule is CC(C)(C)OC(=O)NC1CCCN(c2ccnc(N)c2[N+](=O)[O-])C1. The number of carbonyl (C=O) groups excluding carboxylic acids is 1. The highest BCUT2D eigenvalue weighted by Crippen LogP contribution is 2.33. The summed E-state index contributed by atoms with van der Waals surface area (Å²) in [5, 5.41) is 14.1. The predicted molar refractivity (Wildman–Crippen MR) is 89.9 cm³/mol. The van der Waals surface area contributed by atoms with Gasteiger partial charge < -0.3 is 20.7 Å². The maximum absolute atomic E-state index is 11.9. The van der Waals surface area contributed by atoms with Crippen molar-refractivity contribution in [3.63, 3.8) is 0 Å². The minimum Gasteiger partial charge on any atom is -0.444 e. The van der Waals surface area contributed by atoms with Crippen LogP contribution in [0.3, 0.4) is 0 Å². The normalized spacial score (nSPS) is 18.1. The summed E-state index contributed by atoms with van der Waals surface area (Å²) in [6.45, 7) is 6.48. The van der Waals surface area contributed by atoms with Gasteiger partial charge >= 0.3 is 11.8 Å².